The van der Waals surface area contributed by atoms with E-state index in [1.54, 1.807) is 0 Å². The second-order valence-electron chi connectivity index (χ2n) is 3.23. The average molecular weight is 259 g/mol. The Balaban J connectivity index is 2.81. The number of hydrogen-bond acceptors (Lipinski definition) is 5. The van der Waals surface area contributed by atoms with Crippen LogP contribution in [0.2, 0.25) is 0 Å². The summed E-state index contributed by atoms with van der Waals surface area (Å²) in [4.78, 5) is 14.1. The number of carboxylic acid groups (broad SMARTS) is 1. The van der Waals surface area contributed by atoms with Gasteiger partial charge >= 0.3 is 5.97 Å². The molecule has 8 heteroatoms. The molecule has 1 aromatic rings. The van der Waals surface area contributed by atoms with Crippen molar-refractivity contribution in [2.45, 2.75) is 11.4 Å². The van der Waals surface area contributed by atoms with Crippen LogP contribution in [0.1, 0.15) is 16.8 Å². The maximum Gasteiger partial charge on any atom is 0.337 e. The number of aromatic nitrogens is 1. The van der Waals surface area contributed by atoms with Crippen LogP contribution in [0.5, 0.6) is 0 Å². The van der Waals surface area contributed by atoms with Gasteiger partial charge in [0.05, 0.1) is 5.56 Å². The Hall–Kier alpha value is -1.51. The summed E-state index contributed by atoms with van der Waals surface area (Å²) in [5.74, 6) is -1.16. The SMILES string of the molecule is NCCCNS(=O)(=O)c1ccc(C(=O)O)cn1. The van der Waals surface area contributed by atoms with Crippen LogP contribution in [-0.4, -0.2) is 37.6 Å². The first-order valence-corrected chi connectivity index (χ1v) is 6.35. The van der Waals surface area contributed by atoms with Gasteiger partial charge in [-0.15, -0.1) is 0 Å². The van der Waals surface area contributed by atoms with E-state index in [1.165, 1.54) is 6.07 Å². The number of carboxylic acids is 1. The predicted molar refractivity (Wildman–Crippen MR) is 60.1 cm³/mol. The lowest BCUT2D eigenvalue weighted by molar-refractivity contribution is 0.0696. The van der Waals surface area contributed by atoms with E-state index in [0.717, 1.165) is 12.3 Å². The van der Waals surface area contributed by atoms with Crippen molar-refractivity contribution in [3.63, 3.8) is 0 Å². The molecule has 0 aromatic carbocycles. The zero-order valence-corrected chi connectivity index (χ0v) is 9.77. The van der Waals surface area contributed by atoms with Crippen molar-refractivity contribution in [3.05, 3.63) is 23.9 Å². The summed E-state index contributed by atoms with van der Waals surface area (Å²) in [5, 5.41) is 8.42. The van der Waals surface area contributed by atoms with Gasteiger partial charge in [-0.25, -0.2) is 22.9 Å². The molecule has 1 heterocycles. The lowest BCUT2D eigenvalue weighted by Crippen LogP contribution is -2.27. The van der Waals surface area contributed by atoms with Gasteiger partial charge in [0.25, 0.3) is 10.0 Å². The summed E-state index contributed by atoms with van der Waals surface area (Å²) < 4.78 is 25.6. The zero-order chi connectivity index (χ0) is 12.9. The normalized spacial score (nSPS) is 11.4. The fraction of sp³-hybridized carbons (Fsp3) is 0.333. The quantitative estimate of drug-likeness (QED) is 0.587. The van der Waals surface area contributed by atoms with Crippen LogP contribution in [0.3, 0.4) is 0 Å². The topological polar surface area (TPSA) is 122 Å². The molecule has 0 aliphatic carbocycles. The third-order valence-corrected chi connectivity index (χ3v) is 3.31. The number of nitrogens with zero attached hydrogens (tertiary/aromatic N) is 1. The maximum absolute atomic E-state index is 11.6. The summed E-state index contributed by atoms with van der Waals surface area (Å²) in [6.07, 6.45) is 1.52. The molecule has 0 bridgehead atoms. The van der Waals surface area contributed by atoms with Crippen molar-refractivity contribution in [2.24, 2.45) is 5.73 Å². The lowest BCUT2D eigenvalue weighted by Gasteiger charge is -2.05. The van der Waals surface area contributed by atoms with Gasteiger partial charge in [0.15, 0.2) is 5.03 Å². The number of nitrogens with two attached hydrogens (primary N) is 1. The highest BCUT2D eigenvalue weighted by Gasteiger charge is 2.15. The largest absolute Gasteiger partial charge is 0.478 e. The van der Waals surface area contributed by atoms with Gasteiger partial charge in [0.2, 0.25) is 0 Å². The van der Waals surface area contributed by atoms with Crippen LogP contribution in [0.4, 0.5) is 0 Å². The molecule has 0 saturated carbocycles. The Labute approximate surface area is 98.7 Å². The van der Waals surface area contributed by atoms with E-state index in [2.05, 4.69) is 9.71 Å². The summed E-state index contributed by atoms with van der Waals surface area (Å²) >= 11 is 0. The van der Waals surface area contributed by atoms with E-state index < -0.39 is 16.0 Å². The van der Waals surface area contributed by atoms with E-state index in [-0.39, 0.29) is 17.1 Å². The first kappa shape index (κ1) is 13.6. The standard InChI is InChI=1S/C9H13N3O4S/c10-4-1-5-12-17(15,16)8-3-2-7(6-11-8)9(13)14/h2-3,6,12H,1,4-5,10H2,(H,13,14). The minimum atomic E-state index is -3.68. The molecule has 1 rings (SSSR count). The van der Waals surface area contributed by atoms with Crippen molar-refractivity contribution in [3.8, 4) is 0 Å². The van der Waals surface area contributed by atoms with E-state index in [9.17, 15) is 13.2 Å². The van der Waals surface area contributed by atoms with Crippen LogP contribution in [0.15, 0.2) is 23.4 Å². The number of carbonyl (C=O) groups is 1. The molecule has 94 valence electrons. The van der Waals surface area contributed by atoms with Crippen molar-refractivity contribution in [2.75, 3.05) is 13.1 Å². The Morgan fingerprint density at radius 2 is 2.18 bits per heavy atom. The van der Waals surface area contributed by atoms with Gasteiger partial charge in [-0.05, 0) is 25.1 Å². The molecule has 0 aliphatic heterocycles. The van der Waals surface area contributed by atoms with Gasteiger partial charge in [-0.3, -0.25) is 0 Å². The molecule has 0 aliphatic rings. The predicted octanol–water partition coefficient (Wildman–Crippen LogP) is -0.593. The smallest absolute Gasteiger partial charge is 0.337 e. The van der Waals surface area contributed by atoms with Gasteiger partial charge in [-0.1, -0.05) is 0 Å². The number of nitrogens with one attached hydrogen (secondary N) is 1. The van der Waals surface area contributed by atoms with E-state index in [4.69, 9.17) is 10.8 Å². The Morgan fingerprint density at radius 3 is 2.65 bits per heavy atom. The summed E-state index contributed by atoms with van der Waals surface area (Å²) in [5.41, 5.74) is 5.17. The fourth-order valence-electron chi connectivity index (χ4n) is 1.05. The molecule has 0 fully saturated rings. The molecule has 0 spiro atoms. The third-order valence-electron chi connectivity index (χ3n) is 1.93. The second-order valence-corrected chi connectivity index (χ2v) is 4.94. The van der Waals surface area contributed by atoms with Crippen LogP contribution in [-0.2, 0) is 10.0 Å². The van der Waals surface area contributed by atoms with E-state index in [1.807, 2.05) is 0 Å². The third kappa shape index (κ3) is 3.77. The number of pyridine rings is 1. The number of sulfonamides is 1. The molecule has 1 aromatic heterocycles. The minimum Gasteiger partial charge on any atom is -0.478 e. The van der Waals surface area contributed by atoms with Crippen molar-refractivity contribution < 1.29 is 18.3 Å². The molecule has 0 amide bonds. The summed E-state index contributed by atoms with van der Waals surface area (Å²) in [7, 11) is -3.68. The highest BCUT2D eigenvalue weighted by molar-refractivity contribution is 7.89. The molecule has 0 atom stereocenters. The summed E-state index contributed by atoms with van der Waals surface area (Å²) in [6, 6.07) is 2.33. The van der Waals surface area contributed by atoms with Gasteiger partial charge < -0.3 is 10.8 Å². The van der Waals surface area contributed by atoms with Crippen molar-refractivity contribution >= 4 is 16.0 Å². The molecular weight excluding hydrogens is 246 g/mol. The zero-order valence-electron chi connectivity index (χ0n) is 8.96. The monoisotopic (exact) mass is 259 g/mol. The second kappa shape index (κ2) is 5.71. The van der Waals surface area contributed by atoms with Gasteiger partial charge in [-0.2, -0.15) is 0 Å². The first-order chi connectivity index (χ1) is 7.97. The molecule has 0 saturated heterocycles. The van der Waals surface area contributed by atoms with Crippen LogP contribution in [0.25, 0.3) is 0 Å². The molecular formula is C9H13N3O4S. The Kier molecular flexibility index (Phi) is 4.55. The molecule has 0 radical (unpaired) electrons. The molecule has 0 unspecified atom stereocenters. The number of rotatable bonds is 6. The summed E-state index contributed by atoms with van der Waals surface area (Å²) in [6.45, 7) is 0.606. The fourth-order valence-corrected chi connectivity index (χ4v) is 2.05. The molecule has 17 heavy (non-hydrogen) atoms. The average Bonchev–Trinajstić information content (AvgIpc) is 2.29. The van der Waals surface area contributed by atoms with Gasteiger partial charge in [0, 0.05) is 12.7 Å². The lowest BCUT2D eigenvalue weighted by atomic mass is 10.3. The maximum atomic E-state index is 11.6. The highest BCUT2D eigenvalue weighted by atomic mass is 32.2. The van der Waals surface area contributed by atoms with E-state index in [0.29, 0.717) is 13.0 Å². The highest BCUT2D eigenvalue weighted by Crippen LogP contribution is 2.06. The van der Waals surface area contributed by atoms with Crippen LogP contribution >= 0.6 is 0 Å². The van der Waals surface area contributed by atoms with E-state index >= 15 is 0 Å². The van der Waals surface area contributed by atoms with Crippen LogP contribution < -0.4 is 10.5 Å². The first-order valence-electron chi connectivity index (χ1n) is 4.86. The minimum absolute atomic E-state index is 0.0640. The number of hydrogen-bond donors (Lipinski definition) is 3. The molecule has 4 N–H and O–H groups in total. The number of aromatic carboxylic acids is 1. The Bertz CT molecular complexity index is 483. The van der Waals surface area contributed by atoms with Crippen LogP contribution in [0, 0.1) is 0 Å². The Morgan fingerprint density at radius 1 is 1.47 bits per heavy atom. The van der Waals surface area contributed by atoms with Gasteiger partial charge in [0.1, 0.15) is 0 Å². The molecule has 7 nitrogen and oxygen atoms in total. The van der Waals surface area contributed by atoms with Crippen molar-refractivity contribution in [1.82, 2.24) is 9.71 Å². The van der Waals surface area contributed by atoms with Crippen molar-refractivity contribution in [1.29, 1.82) is 0 Å².